The molecule has 7 nitrogen and oxygen atoms in total. The van der Waals surface area contributed by atoms with Crippen LogP contribution in [0.15, 0.2) is 40.3 Å². The van der Waals surface area contributed by atoms with Crippen LogP contribution in [0.2, 0.25) is 0 Å². The first kappa shape index (κ1) is 18.2. The Bertz CT molecular complexity index is 641. The molecule has 0 bridgehead atoms. The lowest BCUT2D eigenvalue weighted by molar-refractivity contribution is -0.152. The topological polar surface area (TPSA) is 103 Å². The minimum Gasteiger partial charge on any atom is -0.467 e. The number of carbonyl (C=O) groups excluding carboxylic acids is 2. The van der Waals surface area contributed by atoms with Gasteiger partial charge in [-0.2, -0.15) is 0 Å². The number of carbonyl (C=O) groups is 2. The Morgan fingerprint density at radius 1 is 1.29 bits per heavy atom. The second-order valence-electron chi connectivity index (χ2n) is 5.28. The van der Waals surface area contributed by atoms with Gasteiger partial charge in [-0.3, -0.25) is 9.59 Å². The van der Waals surface area contributed by atoms with Crippen molar-refractivity contribution in [2.24, 2.45) is 0 Å². The second-order valence-corrected chi connectivity index (χ2v) is 6.32. The molecule has 0 aliphatic carbocycles. The van der Waals surface area contributed by atoms with E-state index in [-0.39, 0.29) is 6.54 Å². The van der Waals surface area contributed by atoms with Gasteiger partial charge in [0, 0.05) is 18.5 Å². The summed E-state index contributed by atoms with van der Waals surface area (Å²) in [5.41, 5.74) is 0. The summed E-state index contributed by atoms with van der Waals surface area (Å²) in [6.45, 7) is 0.454. The van der Waals surface area contributed by atoms with Crippen LogP contribution in [0.3, 0.4) is 0 Å². The van der Waals surface area contributed by atoms with Gasteiger partial charge in [0.25, 0.3) is 11.8 Å². The van der Waals surface area contributed by atoms with Crippen LogP contribution in [0.25, 0.3) is 0 Å². The molecule has 0 fully saturated rings. The third-order valence-corrected chi connectivity index (χ3v) is 4.36. The fourth-order valence-corrected chi connectivity index (χ4v) is 2.80. The minimum atomic E-state index is -1.83. The standard InChI is InChI=1S/C16H20N2O5S/c1-18(10-11-4-2-8-23-11)16(22)14(20)13(19)15(21)17-7-6-12-5-3-9-24-12/h2-5,8-9,13-14,19-20H,6-7,10H2,1H3,(H,17,21)/t13-,14-/m1/s1. The maximum Gasteiger partial charge on any atom is 0.254 e. The van der Waals surface area contributed by atoms with E-state index in [0.29, 0.717) is 18.7 Å². The zero-order valence-electron chi connectivity index (χ0n) is 13.2. The Balaban J connectivity index is 1.79. The number of aliphatic hydroxyl groups is 2. The fourth-order valence-electron chi connectivity index (χ4n) is 2.09. The van der Waals surface area contributed by atoms with Crippen molar-refractivity contribution in [3.63, 3.8) is 0 Å². The first-order valence-electron chi connectivity index (χ1n) is 7.42. The van der Waals surface area contributed by atoms with E-state index < -0.39 is 24.0 Å². The quantitative estimate of drug-likeness (QED) is 0.637. The molecule has 0 saturated carbocycles. The van der Waals surface area contributed by atoms with Gasteiger partial charge in [0.15, 0.2) is 12.2 Å². The molecular weight excluding hydrogens is 332 g/mol. The molecule has 0 unspecified atom stereocenters. The summed E-state index contributed by atoms with van der Waals surface area (Å²) in [5.74, 6) is -1.00. The molecule has 0 aliphatic heterocycles. The number of nitrogens with one attached hydrogen (secondary N) is 1. The van der Waals surface area contributed by atoms with E-state index >= 15 is 0 Å². The zero-order valence-corrected chi connectivity index (χ0v) is 14.0. The number of hydrogen-bond donors (Lipinski definition) is 3. The Labute approximate surface area is 143 Å². The average Bonchev–Trinajstić information content (AvgIpc) is 3.26. The lowest BCUT2D eigenvalue weighted by atomic mass is 10.1. The van der Waals surface area contributed by atoms with Gasteiger partial charge >= 0.3 is 0 Å². The van der Waals surface area contributed by atoms with Crippen LogP contribution >= 0.6 is 11.3 Å². The highest BCUT2D eigenvalue weighted by atomic mass is 32.1. The van der Waals surface area contributed by atoms with Crippen molar-refractivity contribution in [1.82, 2.24) is 10.2 Å². The lowest BCUT2D eigenvalue weighted by Gasteiger charge is -2.22. The van der Waals surface area contributed by atoms with E-state index in [1.54, 1.807) is 23.5 Å². The molecular formula is C16H20N2O5S. The van der Waals surface area contributed by atoms with E-state index in [4.69, 9.17) is 4.42 Å². The Kier molecular flexibility index (Phi) is 6.53. The number of thiophene rings is 1. The van der Waals surface area contributed by atoms with Gasteiger partial charge in [-0.25, -0.2) is 0 Å². The molecule has 2 rings (SSSR count). The molecule has 8 heteroatoms. The third kappa shape index (κ3) is 4.92. The van der Waals surface area contributed by atoms with Gasteiger partial charge in [-0.05, 0) is 30.0 Å². The number of likely N-dealkylation sites (N-methyl/N-ethyl adjacent to an activating group) is 1. The maximum atomic E-state index is 12.1. The minimum absolute atomic E-state index is 0.135. The Morgan fingerprint density at radius 2 is 2.08 bits per heavy atom. The van der Waals surface area contributed by atoms with E-state index in [1.165, 1.54) is 18.2 Å². The molecule has 2 heterocycles. The third-order valence-electron chi connectivity index (χ3n) is 3.42. The molecule has 0 spiro atoms. The molecule has 3 N–H and O–H groups in total. The number of furan rings is 1. The van der Waals surface area contributed by atoms with Crippen LogP contribution in [-0.2, 0) is 22.6 Å². The highest BCUT2D eigenvalue weighted by Crippen LogP contribution is 2.09. The van der Waals surface area contributed by atoms with Gasteiger partial charge < -0.3 is 24.8 Å². The number of rotatable bonds is 8. The molecule has 0 aliphatic rings. The first-order chi connectivity index (χ1) is 11.5. The normalized spacial score (nSPS) is 13.3. The van der Waals surface area contributed by atoms with Crippen molar-refractivity contribution in [3.05, 3.63) is 46.5 Å². The van der Waals surface area contributed by atoms with Crippen LogP contribution in [0.4, 0.5) is 0 Å². The fraction of sp³-hybridized carbons (Fsp3) is 0.375. The van der Waals surface area contributed by atoms with Gasteiger partial charge in [0.1, 0.15) is 5.76 Å². The van der Waals surface area contributed by atoms with Crippen LogP contribution in [0, 0.1) is 0 Å². The molecule has 2 amide bonds. The van der Waals surface area contributed by atoms with Gasteiger partial charge in [-0.15, -0.1) is 11.3 Å². The summed E-state index contributed by atoms with van der Waals surface area (Å²) in [6.07, 6.45) is -1.55. The number of amides is 2. The summed E-state index contributed by atoms with van der Waals surface area (Å²) >= 11 is 1.57. The predicted molar refractivity (Wildman–Crippen MR) is 88.2 cm³/mol. The van der Waals surface area contributed by atoms with Crippen molar-refractivity contribution in [1.29, 1.82) is 0 Å². The second kappa shape index (κ2) is 8.62. The molecule has 0 aromatic carbocycles. The SMILES string of the molecule is CN(Cc1ccco1)C(=O)[C@H](O)[C@@H](O)C(=O)NCCc1cccs1. The van der Waals surface area contributed by atoms with Gasteiger partial charge in [0.2, 0.25) is 0 Å². The van der Waals surface area contributed by atoms with Crippen LogP contribution in [-0.4, -0.2) is 52.7 Å². The molecule has 2 aromatic heterocycles. The van der Waals surface area contributed by atoms with Gasteiger partial charge in [0.05, 0.1) is 12.8 Å². The molecule has 0 saturated heterocycles. The van der Waals surface area contributed by atoms with Gasteiger partial charge in [-0.1, -0.05) is 6.07 Å². The lowest BCUT2D eigenvalue weighted by Crippen LogP contribution is -2.50. The van der Waals surface area contributed by atoms with E-state index in [0.717, 1.165) is 4.88 Å². The molecule has 24 heavy (non-hydrogen) atoms. The van der Waals surface area contributed by atoms with Crippen molar-refractivity contribution in [2.45, 2.75) is 25.2 Å². The zero-order chi connectivity index (χ0) is 17.5. The van der Waals surface area contributed by atoms with Crippen LogP contribution < -0.4 is 5.32 Å². The smallest absolute Gasteiger partial charge is 0.254 e. The summed E-state index contributed by atoms with van der Waals surface area (Å²) in [5, 5.41) is 24.2. The predicted octanol–water partition coefficient (Wildman–Crippen LogP) is 0.380. The van der Waals surface area contributed by atoms with Crippen molar-refractivity contribution < 1.29 is 24.2 Å². The van der Waals surface area contributed by atoms with Crippen LogP contribution in [0.5, 0.6) is 0 Å². The number of aliphatic hydroxyl groups excluding tert-OH is 2. The first-order valence-corrected chi connectivity index (χ1v) is 8.30. The van der Waals surface area contributed by atoms with Crippen molar-refractivity contribution in [2.75, 3.05) is 13.6 Å². The Morgan fingerprint density at radius 3 is 2.71 bits per heavy atom. The summed E-state index contributed by atoms with van der Waals surface area (Å²) in [6, 6.07) is 7.22. The number of hydrogen-bond acceptors (Lipinski definition) is 6. The Hall–Kier alpha value is -2.16. The molecule has 2 aromatic rings. The monoisotopic (exact) mass is 352 g/mol. The van der Waals surface area contributed by atoms with E-state index in [2.05, 4.69) is 5.32 Å². The summed E-state index contributed by atoms with van der Waals surface area (Å²) < 4.78 is 5.11. The maximum absolute atomic E-state index is 12.1. The number of nitrogens with zero attached hydrogens (tertiary/aromatic N) is 1. The largest absolute Gasteiger partial charge is 0.467 e. The highest BCUT2D eigenvalue weighted by Gasteiger charge is 2.32. The van der Waals surface area contributed by atoms with Crippen molar-refractivity contribution in [3.8, 4) is 0 Å². The summed E-state index contributed by atoms with van der Waals surface area (Å²) in [7, 11) is 1.45. The summed E-state index contributed by atoms with van der Waals surface area (Å²) in [4.78, 5) is 26.2. The molecule has 0 radical (unpaired) electrons. The average molecular weight is 352 g/mol. The molecule has 2 atom stereocenters. The van der Waals surface area contributed by atoms with E-state index in [1.807, 2.05) is 17.5 Å². The van der Waals surface area contributed by atoms with Crippen LogP contribution in [0.1, 0.15) is 10.6 Å². The highest BCUT2D eigenvalue weighted by molar-refractivity contribution is 7.09. The van der Waals surface area contributed by atoms with Crippen molar-refractivity contribution >= 4 is 23.2 Å². The van der Waals surface area contributed by atoms with E-state index in [9.17, 15) is 19.8 Å². The molecule has 130 valence electrons.